The van der Waals surface area contributed by atoms with Crippen LogP contribution < -0.4 is 10.3 Å². The van der Waals surface area contributed by atoms with Crippen molar-refractivity contribution in [3.8, 4) is 5.75 Å². The van der Waals surface area contributed by atoms with Crippen LogP contribution in [0.2, 0.25) is 0 Å². The van der Waals surface area contributed by atoms with Gasteiger partial charge in [0.15, 0.2) is 0 Å². The van der Waals surface area contributed by atoms with Crippen molar-refractivity contribution in [3.63, 3.8) is 0 Å². The zero-order chi connectivity index (χ0) is 17.1. The third-order valence-electron chi connectivity index (χ3n) is 3.54. The third kappa shape index (κ3) is 3.27. The lowest BCUT2D eigenvalue weighted by atomic mass is 10.2. The van der Waals surface area contributed by atoms with Gasteiger partial charge in [-0.15, -0.1) is 0 Å². The van der Waals surface area contributed by atoms with Crippen molar-refractivity contribution in [2.75, 3.05) is 7.11 Å². The van der Waals surface area contributed by atoms with Gasteiger partial charge in [0.1, 0.15) is 18.0 Å². The smallest absolute Gasteiger partial charge is 0.337 e. The number of pyridine rings is 1. The van der Waals surface area contributed by atoms with Crippen molar-refractivity contribution in [1.29, 1.82) is 0 Å². The lowest BCUT2D eigenvalue weighted by Gasteiger charge is -2.08. The molecule has 0 saturated carbocycles. The zero-order valence-electron chi connectivity index (χ0n) is 13.4. The summed E-state index contributed by atoms with van der Waals surface area (Å²) in [6.45, 7) is 2.11. The molecule has 6 nitrogen and oxygen atoms in total. The highest BCUT2D eigenvalue weighted by Gasteiger charge is 2.06. The lowest BCUT2D eigenvalue weighted by molar-refractivity contribution is 0.0600. The largest absolute Gasteiger partial charge is 0.487 e. The zero-order valence-corrected chi connectivity index (χ0v) is 13.4. The van der Waals surface area contributed by atoms with E-state index in [0.717, 1.165) is 5.56 Å². The molecule has 3 rings (SSSR count). The molecule has 0 unspecified atom stereocenters. The van der Waals surface area contributed by atoms with Crippen molar-refractivity contribution >= 4 is 11.6 Å². The fraction of sp³-hybridized carbons (Fsp3) is 0.167. The lowest BCUT2D eigenvalue weighted by Crippen LogP contribution is -2.16. The van der Waals surface area contributed by atoms with Crippen LogP contribution in [0, 0.1) is 6.92 Å². The van der Waals surface area contributed by atoms with Crippen LogP contribution in [0.1, 0.15) is 21.6 Å². The van der Waals surface area contributed by atoms with Crippen LogP contribution in [0.5, 0.6) is 5.75 Å². The molecule has 2 heterocycles. The number of esters is 1. The van der Waals surface area contributed by atoms with Gasteiger partial charge in [0.25, 0.3) is 5.56 Å². The fourth-order valence-electron chi connectivity index (χ4n) is 2.29. The first-order valence-electron chi connectivity index (χ1n) is 7.37. The van der Waals surface area contributed by atoms with Crippen molar-refractivity contribution in [3.05, 3.63) is 75.8 Å². The molecule has 0 spiro atoms. The number of aryl methyl sites for hydroxylation is 1. The molecule has 0 aliphatic carbocycles. The Morgan fingerprint density at radius 2 is 1.92 bits per heavy atom. The van der Waals surface area contributed by atoms with E-state index in [1.54, 1.807) is 30.5 Å². The molecule has 0 aliphatic heterocycles. The number of hydrogen-bond acceptors (Lipinski definition) is 5. The average Bonchev–Trinajstić information content (AvgIpc) is 2.59. The summed E-state index contributed by atoms with van der Waals surface area (Å²) < 4.78 is 11.8. The van der Waals surface area contributed by atoms with Gasteiger partial charge in [-0.25, -0.2) is 9.78 Å². The van der Waals surface area contributed by atoms with Gasteiger partial charge in [-0.3, -0.25) is 9.20 Å². The van der Waals surface area contributed by atoms with Gasteiger partial charge in [0, 0.05) is 12.3 Å². The number of fused-ring (bicyclic) bond motifs is 1. The number of ether oxygens (including phenoxy) is 2. The molecule has 0 aliphatic rings. The number of rotatable bonds is 4. The highest BCUT2D eigenvalue weighted by atomic mass is 16.5. The van der Waals surface area contributed by atoms with E-state index in [2.05, 4.69) is 9.72 Å². The summed E-state index contributed by atoms with van der Waals surface area (Å²) in [6, 6.07) is 11.7. The predicted molar refractivity (Wildman–Crippen MR) is 88.3 cm³/mol. The Kier molecular flexibility index (Phi) is 4.29. The second-order valence-corrected chi connectivity index (χ2v) is 5.32. The molecule has 6 heteroatoms. The molecule has 2 aromatic heterocycles. The predicted octanol–water partition coefficient (Wildman–Crippen LogP) is 2.37. The summed E-state index contributed by atoms with van der Waals surface area (Å²) >= 11 is 0. The average molecular weight is 324 g/mol. The van der Waals surface area contributed by atoms with E-state index in [-0.39, 0.29) is 12.2 Å². The molecule has 3 aromatic rings. The summed E-state index contributed by atoms with van der Waals surface area (Å²) in [4.78, 5) is 27.9. The van der Waals surface area contributed by atoms with Crippen LogP contribution in [0.25, 0.3) is 5.65 Å². The second kappa shape index (κ2) is 6.54. The number of benzene rings is 1. The Labute approximate surface area is 138 Å². The Hall–Kier alpha value is -3.15. The number of carbonyl (C=O) groups excluding carboxylic acids is 1. The minimum atomic E-state index is -0.402. The van der Waals surface area contributed by atoms with E-state index in [1.165, 1.54) is 17.6 Å². The highest BCUT2D eigenvalue weighted by molar-refractivity contribution is 5.89. The molecule has 1 aromatic carbocycles. The van der Waals surface area contributed by atoms with Crippen molar-refractivity contribution in [1.82, 2.24) is 9.38 Å². The number of carbonyl (C=O) groups is 1. The summed E-state index contributed by atoms with van der Waals surface area (Å²) in [5, 5.41) is 0. The van der Waals surface area contributed by atoms with E-state index < -0.39 is 5.97 Å². The standard InChI is InChI=1S/C18H16N2O4/c1-12-7-8-20-16(9-12)19-14(10-17(20)21)11-24-15-5-3-13(4-6-15)18(22)23-2/h3-10H,11H2,1-2H3. The molecule has 0 atom stereocenters. The van der Waals surface area contributed by atoms with Gasteiger partial charge in [-0.2, -0.15) is 0 Å². The van der Waals surface area contributed by atoms with Gasteiger partial charge >= 0.3 is 5.97 Å². The molecule has 0 radical (unpaired) electrons. The molecule has 122 valence electrons. The molecule has 0 saturated heterocycles. The molecule has 0 bridgehead atoms. The first kappa shape index (κ1) is 15.7. The maximum absolute atomic E-state index is 12.1. The van der Waals surface area contributed by atoms with Crippen LogP contribution in [-0.4, -0.2) is 22.5 Å². The van der Waals surface area contributed by atoms with Gasteiger partial charge in [0.05, 0.1) is 18.4 Å². The quantitative estimate of drug-likeness (QED) is 0.689. The minimum Gasteiger partial charge on any atom is -0.487 e. The monoisotopic (exact) mass is 324 g/mol. The van der Waals surface area contributed by atoms with Crippen LogP contribution in [-0.2, 0) is 11.3 Å². The SMILES string of the molecule is COC(=O)c1ccc(OCc2cc(=O)n3ccc(C)cc3n2)cc1. The van der Waals surface area contributed by atoms with Crippen molar-refractivity contribution in [2.45, 2.75) is 13.5 Å². The highest BCUT2D eigenvalue weighted by Crippen LogP contribution is 2.14. The van der Waals surface area contributed by atoms with Gasteiger partial charge in [-0.1, -0.05) is 0 Å². The minimum absolute atomic E-state index is 0.153. The van der Waals surface area contributed by atoms with Gasteiger partial charge in [0.2, 0.25) is 0 Å². The van der Waals surface area contributed by atoms with E-state index in [1.807, 2.05) is 19.1 Å². The number of methoxy groups -OCH3 is 1. The number of aromatic nitrogens is 2. The Morgan fingerprint density at radius 1 is 1.17 bits per heavy atom. The van der Waals surface area contributed by atoms with Crippen molar-refractivity contribution < 1.29 is 14.3 Å². The Balaban J connectivity index is 1.78. The molecule has 24 heavy (non-hydrogen) atoms. The maximum Gasteiger partial charge on any atom is 0.337 e. The van der Waals surface area contributed by atoms with E-state index in [0.29, 0.717) is 22.7 Å². The summed E-state index contributed by atoms with van der Waals surface area (Å²) in [5.41, 5.74) is 2.45. The fourth-order valence-corrected chi connectivity index (χ4v) is 2.29. The molecule has 0 N–H and O–H groups in total. The van der Waals surface area contributed by atoms with Crippen molar-refractivity contribution in [2.24, 2.45) is 0 Å². The number of hydrogen-bond donors (Lipinski definition) is 0. The third-order valence-corrected chi connectivity index (χ3v) is 3.54. The van der Waals surface area contributed by atoms with E-state index >= 15 is 0 Å². The molecule has 0 amide bonds. The maximum atomic E-state index is 12.1. The number of nitrogens with zero attached hydrogens (tertiary/aromatic N) is 2. The molecular formula is C18H16N2O4. The Morgan fingerprint density at radius 3 is 2.62 bits per heavy atom. The van der Waals surface area contributed by atoms with Crippen LogP contribution in [0.15, 0.2) is 53.5 Å². The normalized spacial score (nSPS) is 10.6. The second-order valence-electron chi connectivity index (χ2n) is 5.32. The van der Waals surface area contributed by atoms with Crippen LogP contribution in [0.3, 0.4) is 0 Å². The molecule has 0 fully saturated rings. The van der Waals surface area contributed by atoms with Crippen LogP contribution in [0.4, 0.5) is 0 Å². The van der Waals surface area contributed by atoms with E-state index in [9.17, 15) is 9.59 Å². The summed E-state index contributed by atoms with van der Waals surface area (Å²) in [7, 11) is 1.33. The topological polar surface area (TPSA) is 69.9 Å². The van der Waals surface area contributed by atoms with Gasteiger partial charge < -0.3 is 9.47 Å². The first-order chi connectivity index (χ1) is 11.6. The molecular weight excluding hydrogens is 308 g/mol. The first-order valence-corrected chi connectivity index (χ1v) is 7.37. The summed E-state index contributed by atoms with van der Waals surface area (Å²) in [6.07, 6.45) is 1.70. The van der Waals surface area contributed by atoms with Crippen LogP contribution >= 0.6 is 0 Å². The van der Waals surface area contributed by atoms with Gasteiger partial charge in [-0.05, 0) is 48.9 Å². The summed E-state index contributed by atoms with van der Waals surface area (Å²) in [5.74, 6) is 0.176. The Bertz CT molecular complexity index is 945. The van der Waals surface area contributed by atoms with E-state index in [4.69, 9.17) is 4.74 Å².